The SMILES string of the molecule is CC([Se]c1ccccc1)C(F)C(=O)O. The Morgan fingerprint density at radius 3 is 2.50 bits per heavy atom. The molecule has 0 heterocycles. The molecule has 1 aromatic rings. The second-order valence-electron chi connectivity index (χ2n) is 2.88. The molecule has 1 N–H and O–H groups in total. The Hall–Kier alpha value is -0.861. The van der Waals surface area contributed by atoms with Crippen LogP contribution in [0.2, 0.25) is 4.82 Å². The molecule has 0 spiro atoms. The summed E-state index contributed by atoms with van der Waals surface area (Å²) in [5.41, 5.74) is 0. The summed E-state index contributed by atoms with van der Waals surface area (Å²) in [6, 6.07) is 9.42. The van der Waals surface area contributed by atoms with Gasteiger partial charge in [-0.25, -0.2) is 0 Å². The average molecular weight is 261 g/mol. The van der Waals surface area contributed by atoms with Crippen molar-refractivity contribution in [1.82, 2.24) is 0 Å². The first kappa shape index (κ1) is 11.2. The van der Waals surface area contributed by atoms with Gasteiger partial charge in [-0.05, 0) is 0 Å². The molecule has 0 fully saturated rings. The fourth-order valence-corrected chi connectivity index (χ4v) is 3.03. The van der Waals surface area contributed by atoms with Gasteiger partial charge in [0.05, 0.1) is 0 Å². The summed E-state index contributed by atoms with van der Waals surface area (Å²) in [5, 5.41) is 8.47. The monoisotopic (exact) mass is 262 g/mol. The average Bonchev–Trinajstić information content (AvgIpc) is 2.18. The molecule has 0 saturated heterocycles. The van der Waals surface area contributed by atoms with E-state index in [1.165, 1.54) is 0 Å². The summed E-state index contributed by atoms with van der Waals surface area (Å²) in [6.45, 7) is 1.63. The number of benzene rings is 1. The first-order valence-electron chi connectivity index (χ1n) is 4.20. The van der Waals surface area contributed by atoms with Crippen molar-refractivity contribution in [3.05, 3.63) is 30.3 Å². The number of carbonyl (C=O) groups is 1. The van der Waals surface area contributed by atoms with Gasteiger partial charge in [0.25, 0.3) is 0 Å². The number of alkyl halides is 1. The van der Waals surface area contributed by atoms with Crippen LogP contribution in [0.3, 0.4) is 0 Å². The number of hydrogen-bond acceptors (Lipinski definition) is 1. The molecule has 2 unspecified atom stereocenters. The predicted molar refractivity (Wildman–Crippen MR) is 53.8 cm³/mol. The summed E-state index contributed by atoms with van der Waals surface area (Å²) in [4.78, 5) is 9.94. The van der Waals surface area contributed by atoms with Crippen LogP contribution in [0.25, 0.3) is 0 Å². The molecular formula is C10H11FO2Se. The Bertz CT molecular complexity index is 302. The summed E-state index contributed by atoms with van der Waals surface area (Å²) in [6.07, 6.45) is -1.75. The van der Waals surface area contributed by atoms with Crippen LogP contribution in [0.4, 0.5) is 4.39 Å². The zero-order valence-corrected chi connectivity index (χ0v) is 9.40. The molecule has 0 bridgehead atoms. The number of rotatable bonds is 4. The van der Waals surface area contributed by atoms with E-state index in [1.807, 2.05) is 30.3 Å². The predicted octanol–water partition coefficient (Wildman–Crippen LogP) is 1.25. The van der Waals surface area contributed by atoms with Crippen molar-refractivity contribution in [1.29, 1.82) is 0 Å². The van der Waals surface area contributed by atoms with Crippen LogP contribution in [0.5, 0.6) is 0 Å². The van der Waals surface area contributed by atoms with Gasteiger partial charge in [0.15, 0.2) is 0 Å². The second-order valence-corrected chi connectivity index (χ2v) is 5.92. The van der Waals surface area contributed by atoms with Gasteiger partial charge in [0.2, 0.25) is 0 Å². The van der Waals surface area contributed by atoms with Gasteiger partial charge in [0, 0.05) is 0 Å². The third-order valence-electron chi connectivity index (χ3n) is 1.71. The number of halogens is 1. The standard InChI is InChI=1S/C10H11FO2Se/c1-7(9(11)10(12)13)14-8-5-3-2-4-6-8/h2-7,9H,1H3,(H,12,13). The van der Waals surface area contributed by atoms with Crippen molar-refractivity contribution < 1.29 is 14.3 Å². The van der Waals surface area contributed by atoms with Crippen molar-refractivity contribution in [3.8, 4) is 0 Å². The number of hydrogen-bond donors (Lipinski definition) is 1. The van der Waals surface area contributed by atoms with Gasteiger partial charge in [0.1, 0.15) is 0 Å². The van der Waals surface area contributed by atoms with Crippen LogP contribution in [0, 0.1) is 0 Å². The summed E-state index contributed by atoms with van der Waals surface area (Å²) in [7, 11) is 0. The Balaban J connectivity index is 2.57. The van der Waals surface area contributed by atoms with E-state index in [4.69, 9.17) is 5.11 Å². The van der Waals surface area contributed by atoms with E-state index in [9.17, 15) is 9.18 Å². The number of carboxylic acid groups (broad SMARTS) is 1. The zero-order valence-electron chi connectivity index (χ0n) is 7.68. The van der Waals surface area contributed by atoms with Crippen molar-refractivity contribution in [3.63, 3.8) is 0 Å². The Labute approximate surface area is 88.3 Å². The normalized spacial score (nSPS) is 14.7. The molecule has 0 amide bonds. The first-order chi connectivity index (χ1) is 6.61. The van der Waals surface area contributed by atoms with Crippen LogP contribution in [-0.2, 0) is 4.79 Å². The maximum absolute atomic E-state index is 13.0. The molecule has 0 radical (unpaired) electrons. The van der Waals surface area contributed by atoms with E-state index >= 15 is 0 Å². The molecule has 1 aromatic carbocycles. The molecule has 2 atom stereocenters. The van der Waals surface area contributed by atoms with E-state index < -0.39 is 17.0 Å². The van der Waals surface area contributed by atoms with Gasteiger partial charge in [-0.3, -0.25) is 0 Å². The van der Waals surface area contributed by atoms with Crippen LogP contribution in [-0.4, -0.2) is 32.2 Å². The molecule has 2 nitrogen and oxygen atoms in total. The Morgan fingerprint density at radius 2 is 2.00 bits per heavy atom. The van der Waals surface area contributed by atoms with Crippen LogP contribution < -0.4 is 4.46 Å². The molecule has 4 heteroatoms. The van der Waals surface area contributed by atoms with Crippen LogP contribution in [0.1, 0.15) is 6.92 Å². The van der Waals surface area contributed by atoms with E-state index in [1.54, 1.807) is 6.92 Å². The topological polar surface area (TPSA) is 37.3 Å². The third-order valence-corrected chi connectivity index (χ3v) is 4.14. The molecule has 1 rings (SSSR count). The molecule has 14 heavy (non-hydrogen) atoms. The third kappa shape index (κ3) is 3.13. The molecule has 0 aromatic heterocycles. The van der Waals surface area contributed by atoms with Crippen molar-refractivity contribution in [2.24, 2.45) is 0 Å². The molecule has 0 aliphatic carbocycles. The minimum absolute atomic E-state index is 0.126. The van der Waals surface area contributed by atoms with Crippen LogP contribution in [0.15, 0.2) is 30.3 Å². The second kappa shape index (κ2) is 5.13. The van der Waals surface area contributed by atoms with Gasteiger partial charge < -0.3 is 0 Å². The van der Waals surface area contributed by atoms with E-state index in [2.05, 4.69) is 0 Å². The summed E-state index contributed by atoms with van der Waals surface area (Å²) in [5.74, 6) is -1.37. The maximum atomic E-state index is 13.0. The van der Waals surface area contributed by atoms with E-state index in [0.29, 0.717) is 0 Å². The molecule has 0 aliphatic heterocycles. The van der Waals surface area contributed by atoms with Crippen LogP contribution >= 0.6 is 0 Å². The molecule has 0 aliphatic rings. The van der Waals surface area contributed by atoms with Crippen molar-refractivity contribution >= 4 is 25.4 Å². The first-order valence-corrected chi connectivity index (χ1v) is 6.04. The van der Waals surface area contributed by atoms with Gasteiger partial charge >= 0.3 is 87.9 Å². The summed E-state index contributed by atoms with van der Waals surface area (Å²) < 4.78 is 14.0. The Morgan fingerprint density at radius 1 is 1.43 bits per heavy atom. The fourth-order valence-electron chi connectivity index (χ4n) is 0.974. The van der Waals surface area contributed by atoms with E-state index in [-0.39, 0.29) is 15.0 Å². The van der Waals surface area contributed by atoms with Gasteiger partial charge in [-0.1, -0.05) is 0 Å². The minimum atomic E-state index is -1.75. The van der Waals surface area contributed by atoms with Gasteiger partial charge in [-0.15, -0.1) is 0 Å². The van der Waals surface area contributed by atoms with Gasteiger partial charge in [-0.2, -0.15) is 0 Å². The zero-order chi connectivity index (χ0) is 10.6. The van der Waals surface area contributed by atoms with E-state index in [0.717, 1.165) is 4.46 Å². The number of aliphatic carboxylic acids is 1. The summed E-state index contributed by atoms with van der Waals surface area (Å²) >= 11 is -0.126. The Kier molecular flexibility index (Phi) is 4.11. The quantitative estimate of drug-likeness (QED) is 0.828. The van der Waals surface area contributed by atoms with Crippen molar-refractivity contribution in [2.45, 2.75) is 17.9 Å². The number of carboxylic acids is 1. The fraction of sp³-hybridized carbons (Fsp3) is 0.300. The molecular weight excluding hydrogens is 250 g/mol. The molecule has 76 valence electrons. The van der Waals surface area contributed by atoms with Crippen molar-refractivity contribution in [2.75, 3.05) is 0 Å². The molecule has 0 saturated carbocycles.